The minimum absolute atomic E-state index is 0.00324. The molecule has 2 aromatic rings. The van der Waals surface area contributed by atoms with Gasteiger partial charge < -0.3 is 14.4 Å². The van der Waals surface area contributed by atoms with E-state index >= 15 is 0 Å². The lowest BCUT2D eigenvalue weighted by Crippen LogP contribution is -2.27. The van der Waals surface area contributed by atoms with Gasteiger partial charge in [0.25, 0.3) is 0 Å². The Balaban J connectivity index is 1.77. The number of carbonyl (C=O) groups is 1. The van der Waals surface area contributed by atoms with Crippen LogP contribution >= 0.6 is 15.9 Å². The number of hydrogen-bond acceptors (Lipinski definition) is 3. The molecule has 0 N–H and O–H groups in total. The zero-order chi connectivity index (χ0) is 26.0. The second-order valence-electron chi connectivity index (χ2n) is 9.66. The SMILES string of the molecule is CCCCCCCCCCCCCCOc1cc(CN(C(C)=O)c2cccc(CBr)c2)cc(OC)c1. The van der Waals surface area contributed by atoms with Crippen molar-refractivity contribution in [2.75, 3.05) is 18.6 Å². The maximum Gasteiger partial charge on any atom is 0.224 e. The maximum absolute atomic E-state index is 12.4. The summed E-state index contributed by atoms with van der Waals surface area (Å²) < 4.78 is 11.6. The molecule has 1 amide bonds. The summed E-state index contributed by atoms with van der Waals surface area (Å²) >= 11 is 3.50. The number of anilines is 1. The summed E-state index contributed by atoms with van der Waals surface area (Å²) in [6.45, 7) is 5.04. The topological polar surface area (TPSA) is 38.8 Å². The van der Waals surface area contributed by atoms with Crippen LogP contribution in [0.5, 0.6) is 11.5 Å². The minimum atomic E-state index is 0.00324. The Hall–Kier alpha value is -2.01. The molecule has 0 fully saturated rings. The molecule has 0 saturated carbocycles. The van der Waals surface area contributed by atoms with E-state index in [-0.39, 0.29) is 5.91 Å². The van der Waals surface area contributed by atoms with Crippen LogP contribution in [0.15, 0.2) is 42.5 Å². The van der Waals surface area contributed by atoms with Crippen LogP contribution < -0.4 is 14.4 Å². The minimum Gasteiger partial charge on any atom is -0.497 e. The number of amides is 1. The third kappa shape index (κ3) is 11.8. The van der Waals surface area contributed by atoms with Crippen molar-refractivity contribution < 1.29 is 14.3 Å². The van der Waals surface area contributed by atoms with Crippen molar-refractivity contribution in [1.29, 1.82) is 0 Å². The van der Waals surface area contributed by atoms with Crippen molar-refractivity contribution in [1.82, 2.24) is 0 Å². The molecule has 4 nitrogen and oxygen atoms in total. The second kappa shape index (κ2) is 18.3. The number of hydrogen-bond donors (Lipinski definition) is 0. The number of rotatable bonds is 19. The van der Waals surface area contributed by atoms with Crippen molar-refractivity contribution in [3.63, 3.8) is 0 Å². The van der Waals surface area contributed by atoms with Gasteiger partial charge in [0.2, 0.25) is 5.91 Å². The molecule has 36 heavy (non-hydrogen) atoms. The smallest absolute Gasteiger partial charge is 0.224 e. The summed E-state index contributed by atoms with van der Waals surface area (Å²) in [6, 6.07) is 14.0. The predicted molar refractivity (Wildman–Crippen MR) is 156 cm³/mol. The molecule has 0 aliphatic heterocycles. The summed E-state index contributed by atoms with van der Waals surface area (Å²) in [5, 5.41) is 0.753. The largest absolute Gasteiger partial charge is 0.497 e. The zero-order valence-electron chi connectivity index (χ0n) is 22.7. The van der Waals surface area contributed by atoms with Crippen LogP contribution in [0.25, 0.3) is 0 Å². The van der Waals surface area contributed by atoms with E-state index in [2.05, 4.69) is 22.9 Å². The van der Waals surface area contributed by atoms with Gasteiger partial charge in [0.05, 0.1) is 20.3 Å². The fourth-order valence-corrected chi connectivity index (χ4v) is 4.78. The quantitative estimate of drug-likeness (QED) is 0.127. The monoisotopic (exact) mass is 559 g/mol. The van der Waals surface area contributed by atoms with Gasteiger partial charge >= 0.3 is 0 Å². The number of carbonyl (C=O) groups excluding carboxylic acids is 1. The Morgan fingerprint density at radius 3 is 2.00 bits per heavy atom. The summed E-state index contributed by atoms with van der Waals surface area (Å²) in [7, 11) is 1.66. The van der Waals surface area contributed by atoms with E-state index < -0.39 is 0 Å². The Labute approximate surface area is 227 Å². The Bertz CT molecular complexity index is 886. The Morgan fingerprint density at radius 2 is 1.42 bits per heavy atom. The van der Waals surface area contributed by atoms with Crippen molar-refractivity contribution >= 4 is 27.5 Å². The van der Waals surface area contributed by atoms with Gasteiger partial charge in [0, 0.05) is 24.0 Å². The first kappa shape index (κ1) is 30.2. The molecule has 0 aromatic heterocycles. The molecule has 0 aliphatic carbocycles. The first-order valence-electron chi connectivity index (χ1n) is 13.8. The standard InChI is InChI=1S/C31H46BrNO3/c1-4-5-6-7-8-9-10-11-12-13-14-15-19-36-31-22-28(21-30(23-31)35-3)25-33(26(2)34)29-18-16-17-27(20-29)24-32/h16-18,20-23H,4-15,19,24-25H2,1-3H3. The Kier molecular flexibility index (Phi) is 15.3. The molecule has 0 unspecified atom stereocenters. The van der Waals surface area contributed by atoms with E-state index in [0.717, 1.165) is 40.1 Å². The number of unbranched alkanes of at least 4 members (excludes halogenated alkanes) is 11. The molecular weight excluding hydrogens is 514 g/mol. The van der Waals surface area contributed by atoms with E-state index in [0.29, 0.717) is 13.2 Å². The van der Waals surface area contributed by atoms with Gasteiger partial charge in [0.15, 0.2) is 0 Å². The number of ether oxygens (including phenoxy) is 2. The fraction of sp³-hybridized carbons (Fsp3) is 0.581. The molecule has 0 bridgehead atoms. The van der Waals surface area contributed by atoms with E-state index in [1.165, 1.54) is 70.6 Å². The second-order valence-corrected chi connectivity index (χ2v) is 10.2. The van der Waals surface area contributed by atoms with Gasteiger partial charge in [-0.15, -0.1) is 0 Å². The molecule has 0 spiro atoms. The van der Waals surface area contributed by atoms with Crippen LogP contribution in [0.2, 0.25) is 0 Å². The van der Waals surface area contributed by atoms with Crippen LogP contribution in [0.4, 0.5) is 5.69 Å². The first-order chi connectivity index (χ1) is 17.6. The van der Waals surface area contributed by atoms with E-state index in [1.54, 1.807) is 18.9 Å². The molecule has 2 aromatic carbocycles. The van der Waals surface area contributed by atoms with Crippen LogP contribution in [-0.4, -0.2) is 19.6 Å². The Morgan fingerprint density at radius 1 is 0.806 bits per heavy atom. The van der Waals surface area contributed by atoms with Crippen molar-refractivity contribution in [3.8, 4) is 11.5 Å². The highest BCUT2D eigenvalue weighted by molar-refractivity contribution is 9.08. The summed E-state index contributed by atoms with van der Waals surface area (Å²) in [5.41, 5.74) is 3.01. The molecule has 0 saturated heterocycles. The van der Waals surface area contributed by atoms with E-state index in [9.17, 15) is 4.79 Å². The average Bonchev–Trinajstić information content (AvgIpc) is 2.89. The van der Waals surface area contributed by atoms with E-state index in [4.69, 9.17) is 9.47 Å². The molecule has 5 heteroatoms. The van der Waals surface area contributed by atoms with Crippen LogP contribution in [0, 0.1) is 0 Å². The van der Waals surface area contributed by atoms with Crippen molar-refractivity contribution in [3.05, 3.63) is 53.6 Å². The van der Waals surface area contributed by atoms with Crippen LogP contribution in [0.1, 0.15) is 102 Å². The highest BCUT2D eigenvalue weighted by atomic mass is 79.9. The molecule has 0 radical (unpaired) electrons. The van der Waals surface area contributed by atoms with Crippen molar-refractivity contribution in [2.45, 2.75) is 103 Å². The van der Waals surface area contributed by atoms with Gasteiger partial charge in [-0.1, -0.05) is 106 Å². The molecule has 0 atom stereocenters. The summed E-state index contributed by atoms with van der Waals surface area (Å²) in [6.07, 6.45) is 16.0. The van der Waals surface area contributed by atoms with Crippen molar-refractivity contribution in [2.24, 2.45) is 0 Å². The molecule has 2 rings (SSSR count). The van der Waals surface area contributed by atoms with Gasteiger partial charge in [0.1, 0.15) is 11.5 Å². The van der Waals surface area contributed by atoms with Gasteiger partial charge in [-0.3, -0.25) is 4.79 Å². The number of methoxy groups -OCH3 is 1. The lowest BCUT2D eigenvalue weighted by molar-refractivity contribution is -0.116. The average molecular weight is 561 g/mol. The fourth-order valence-electron chi connectivity index (χ4n) is 4.43. The molecule has 200 valence electrons. The van der Waals surface area contributed by atoms with E-state index in [1.807, 2.05) is 42.5 Å². The van der Waals surface area contributed by atoms with Crippen LogP contribution in [0.3, 0.4) is 0 Å². The maximum atomic E-state index is 12.4. The van der Waals surface area contributed by atoms with Crippen LogP contribution in [-0.2, 0) is 16.7 Å². The van der Waals surface area contributed by atoms with Gasteiger partial charge in [-0.05, 0) is 41.8 Å². The van der Waals surface area contributed by atoms with Gasteiger partial charge in [-0.2, -0.15) is 0 Å². The highest BCUT2D eigenvalue weighted by Crippen LogP contribution is 2.27. The molecule has 0 aliphatic rings. The third-order valence-electron chi connectivity index (χ3n) is 6.54. The zero-order valence-corrected chi connectivity index (χ0v) is 24.3. The lowest BCUT2D eigenvalue weighted by atomic mass is 10.1. The predicted octanol–water partition coefficient (Wildman–Crippen LogP) is 9.22. The molecular formula is C31H46BrNO3. The molecule has 0 heterocycles. The number of benzene rings is 2. The summed E-state index contributed by atoms with van der Waals surface area (Å²) in [4.78, 5) is 14.2. The number of alkyl halides is 1. The normalized spacial score (nSPS) is 10.9. The third-order valence-corrected chi connectivity index (χ3v) is 7.19. The number of halogens is 1. The first-order valence-corrected chi connectivity index (χ1v) is 14.9. The van der Waals surface area contributed by atoms with Gasteiger partial charge in [-0.25, -0.2) is 0 Å². The summed E-state index contributed by atoms with van der Waals surface area (Å²) in [5.74, 6) is 1.54. The lowest BCUT2D eigenvalue weighted by Gasteiger charge is -2.22. The number of nitrogens with zero attached hydrogens (tertiary/aromatic N) is 1. The highest BCUT2D eigenvalue weighted by Gasteiger charge is 2.14.